The molecule has 0 bridgehead atoms. The van der Waals surface area contributed by atoms with Crippen molar-refractivity contribution in [2.75, 3.05) is 13.2 Å². The number of pyridine rings is 1. The van der Waals surface area contributed by atoms with E-state index in [-0.39, 0.29) is 12.9 Å². The maximum absolute atomic E-state index is 8.86. The predicted molar refractivity (Wildman–Crippen MR) is 44.8 cm³/mol. The van der Waals surface area contributed by atoms with Gasteiger partial charge in [-0.25, -0.2) is 0 Å². The number of aliphatic hydroxyl groups is 1. The van der Waals surface area contributed by atoms with Crippen molar-refractivity contribution < 1.29 is 14.6 Å². The summed E-state index contributed by atoms with van der Waals surface area (Å²) < 4.78 is 10.6. The molecular formula is C9H11NO3. The molecule has 1 aliphatic rings. The van der Waals surface area contributed by atoms with Gasteiger partial charge in [-0.2, -0.15) is 0 Å². The highest BCUT2D eigenvalue weighted by atomic mass is 16.7. The van der Waals surface area contributed by atoms with Crippen LogP contribution in [0.3, 0.4) is 0 Å². The number of hydrogen-bond donors (Lipinski definition) is 1. The van der Waals surface area contributed by atoms with Crippen LogP contribution >= 0.6 is 0 Å². The summed E-state index contributed by atoms with van der Waals surface area (Å²) in [6.07, 6.45) is 1.36. The van der Waals surface area contributed by atoms with Crippen LogP contribution in [0.15, 0.2) is 18.3 Å². The third-order valence-corrected chi connectivity index (χ3v) is 1.90. The first kappa shape index (κ1) is 8.62. The van der Waals surface area contributed by atoms with E-state index in [1.54, 1.807) is 12.3 Å². The molecule has 0 saturated carbocycles. The van der Waals surface area contributed by atoms with Gasteiger partial charge in [-0.15, -0.1) is 0 Å². The van der Waals surface area contributed by atoms with Crippen LogP contribution in [0.1, 0.15) is 17.5 Å². The average molecular weight is 181 g/mol. The summed E-state index contributed by atoms with van der Waals surface area (Å²) in [5, 5.41) is 8.86. The van der Waals surface area contributed by atoms with E-state index in [2.05, 4.69) is 4.98 Å². The fourth-order valence-electron chi connectivity index (χ4n) is 1.28. The van der Waals surface area contributed by atoms with Crippen LogP contribution in [-0.2, 0) is 16.1 Å². The van der Waals surface area contributed by atoms with Crippen LogP contribution in [0, 0.1) is 0 Å². The molecule has 1 aliphatic heterocycles. The van der Waals surface area contributed by atoms with Gasteiger partial charge in [0, 0.05) is 11.8 Å². The molecule has 0 aliphatic carbocycles. The van der Waals surface area contributed by atoms with Gasteiger partial charge in [0.2, 0.25) is 0 Å². The lowest BCUT2D eigenvalue weighted by Crippen LogP contribution is -2.00. The first-order valence-corrected chi connectivity index (χ1v) is 4.19. The van der Waals surface area contributed by atoms with Gasteiger partial charge in [0.05, 0.1) is 25.5 Å². The molecule has 1 fully saturated rings. The van der Waals surface area contributed by atoms with Crippen LogP contribution < -0.4 is 0 Å². The molecule has 1 aromatic rings. The maximum Gasteiger partial charge on any atom is 0.184 e. The highest BCUT2D eigenvalue weighted by Crippen LogP contribution is 2.22. The Kier molecular flexibility index (Phi) is 2.54. The molecule has 0 aromatic carbocycles. The summed E-state index contributed by atoms with van der Waals surface area (Å²) >= 11 is 0. The number of aromatic nitrogens is 1. The molecule has 0 radical (unpaired) electrons. The number of rotatable bonds is 2. The smallest absolute Gasteiger partial charge is 0.184 e. The van der Waals surface area contributed by atoms with Crippen LogP contribution in [0.4, 0.5) is 0 Å². The van der Waals surface area contributed by atoms with E-state index in [1.165, 1.54) is 0 Å². The number of ether oxygens (including phenoxy) is 2. The topological polar surface area (TPSA) is 51.6 Å². The minimum absolute atomic E-state index is 0.0550. The van der Waals surface area contributed by atoms with E-state index >= 15 is 0 Å². The van der Waals surface area contributed by atoms with E-state index < -0.39 is 0 Å². The first-order valence-electron chi connectivity index (χ1n) is 4.19. The van der Waals surface area contributed by atoms with Gasteiger partial charge >= 0.3 is 0 Å². The van der Waals surface area contributed by atoms with Crippen LogP contribution in [0.2, 0.25) is 0 Å². The molecule has 1 N–H and O–H groups in total. The van der Waals surface area contributed by atoms with Crippen LogP contribution in [0.25, 0.3) is 0 Å². The fourth-order valence-corrected chi connectivity index (χ4v) is 1.28. The summed E-state index contributed by atoms with van der Waals surface area (Å²) in [7, 11) is 0. The Morgan fingerprint density at radius 2 is 2.23 bits per heavy atom. The van der Waals surface area contributed by atoms with Crippen molar-refractivity contribution in [3.8, 4) is 0 Å². The summed E-state index contributed by atoms with van der Waals surface area (Å²) in [6, 6.07) is 3.62. The van der Waals surface area contributed by atoms with Crippen molar-refractivity contribution in [1.29, 1.82) is 0 Å². The molecule has 2 rings (SSSR count). The van der Waals surface area contributed by atoms with Crippen LogP contribution in [0.5, 0.6) is 0 Å². The molecule has 2 heterocycles. The van der Waals surface area contributed by atoms with Crippen molar-refractivity contribution in [3.63, 3.8) is 0 Å². The lowest BCUT2D eigenvalue weighted by atomic mass is 10.2. The number of hydrogen-bond acceptors (Lipinski definition) is 4. The van der Waals surface area contributed by atoms with Gasteiger partial charge in [0.15, 0.2) is 6.29 Å². The second-order valence-corrected chi connectivity index (χ2v) is 2.81. The fraction of sp³-hybridized carbons (Fsp3) is 0.444. The molecule has 13 heavy (non-hydrogen) atoms. The number of nitrogens with zero attached hydrogens (tertiary/aromatic N) is 1. The van der Waals surface area contributed by atoms with E-state index in [1.807, 2.05) is 6.07 Å². The first-order chi connectivity index (χ1) is 6.40. The van der Waals surface area contributed by atoms with Gasteiger partial charge in [-0.3, -0.25) is 4.98 Å². The molecule has 1 aromatic heterocycles. The van der Waals surface area contributed by atoms with Gasteiger partial charge in [-0.1, -0.05) is 0 Å². The van der Waals surface area contributed by atoms with Crippen molar-refractivity contribution in [2.24, 2.45) is 0 Å². The molecule has 0 atom stereocenters. The van der Waals surface area contributed by atoms with Crippen molar-refractivity contribution >= 4 is 0 Å². The second-order valence-electron chi connectivity index (χ2n) is 2.81. The predicted octanol–water partition coefficient (Wildman–Crippen LogP) is 0.619. The molecule has 4 nitrogen and oxygen atoms in total. The Morgan fingerprint density at radius 3 is 2.92 bits per heavy atom. The van der Waals surface area contributed by atoms with E-state index in [4.69, 9.17) is 14.6 Å². The Morgan fingerprint density at radius 1 is 1.46 bits per heavy atom. The zero-order valence-electron chi connectivity index (χ0n) is 7.14. The lowest BCUT2D eigenvalue weighted by Gasteiger charge is -2.09. The molecule has 0 amide bonds. The Balaban J connectivity index is 2.18. The Hall–Kier alpha value is -0.970. The number of aliphatic hydroxyl groups excluding tert-OH is 1. The van der Waals surface area contributed by atoms with E-state index in [9.17, 15) is 0 Å². The third-order valence-electron chi connectivity index (χ3n) is 1.90. The third kappa shape index (κ3) is 1.85. The molecule has 0 unspecified atom stereocenters. The Labute approximate surface area is 76.1 Å². The molecule has 0 spiro atoms. The standard InChI is InChI=1S/C9H11NO3/c11-6-8-5-7(1-2-10-8)9-12-3-4-13-9/h1-2,5,9,11H,3-4,6H2. The maximum atomic E-state index is 8.86. The zero-order chi connectivity index (χ0) is 9.10. The largest absolute Gasteiger partial charge is 0.390 e. The zero-order valence-corrected chi connectivity index (χ0v) is 7.14. The quantitative estimate of drug-likeness (QED) is 0.726. The molecule has 4 heteroatoms. The highest BCUT2D eigenvalue weighted by Gasteiger charge is 2.18. The monoisotopic (exact) mass is 181 g/mol. The minimum atomic E-state index is -0.284. The summed E-state index contributed by atoms with van der Waals surface area (Å²) in [5.41, 5.74) is 1.55. The SMILES string of the molecule is OCc1cc(C2OCCO2)ccn1. The normalized spacial score (nSPS) is 17.9. The van der Waals surface area contributed by atoms with Crippen molar-refractivity contribution in [3.05, 3.63) is 29.6 Å². The Bertz CT molecular complexity index is 284. The van der Waals surface area contributed by atoms with Gasteiger partial charge in [-0.05, 0) is 12.1 Å². The second kappa shape index (κ2) is 3.83. The van der Waals surface area contributed by atoms with E-state index in [0.29, 0.717) is 18.9 Å². The van der Waals surface area contributed by atoms with E-state index in [0.717, 1.165) is 5.56 Å². The van der Waals surface area contributed by atoms with Gasteiger partial charge in [0.25, 0.3) is 0 Å². The summed E-state index contributed by atoms with van der Waals surface area (Å²) in [4.78, 5) is 3.97. The summed E-state index contributed by atoms with van der Waals surface area (Å²) in [5.74, 6) is 0. The van der Waals surface area contributed by atoms with Gasteiger partial charge < -0.3 is 14.6 Å². The minimum Gasteiger partial charge on any atom is -0.390 e. The molecule has 70 valence electrons. The lowest BCUT2D eigenvalue weighted by molar-refractivity contribution is -0.0442. The highest BCUT2D eigenvalue weighted by molar-refractivity contribution is 5.17. The van der Waals surface area contributed by atoms with Crippen LogP contribution in [-0.4, -0.2) is 23.3 Å². The van der Waals surface area contributed by atoms with Crippen molar-refractivity contribution in [1.82, 2.24) is 4.98 Å². The molecular weight excluding hydrogens is 170 g/mol. The summed E-state index contributed by atoms with van der Waals surface area (Å²) in [6.45, 7) is 1.20. The molecule has 1 saturated heterocycles. The average Bonchev–Trinajstić information content (AvgIpc) is 2.71. The van der Waals surface area contributed by atoms with Crippen molar-refractivity contribution in [2.45, 2.75) is 12.9 Å². The van der Waals surface area contributed by atoms with Gasteiger partial charge in [0.1, 0.15) is 0 Å².